The minimum atomic E-state index is -0.867. The molecule has 3 heterocycles. The van der Waals surface area contributed by atoms with Crippen LogP contribution in [-0.2, 0) is 17.8 Å². The number of aliphatic hydroxyl groups is 1. The number of fused-ring (bicyclic) bond motifs is 1. The number of nitrogens with zero attached hydrogens (tertiary/aromatic N) is 4. The smallest absolute Gasteiger partial charge is 0.260 e. The highest BCUT2D eigenvalue weighted by Gasteiger charge is 2.31. The van der Waals surface area contributed by atoms with E-state index in [1.165, 1.54) is 20.3 Å². The van der Waals surface area contributed by atoms with E-state index in [0.29, 0.717) is 77.6 Å². The second-order valence-electron chi connectivity index (χ2n) is 11.2. The molecule has 11 nitrogen and oxygen atoms in total. The number of likely N-dealkylation sites (tertiary alicyclic amines) is 1. The minimum Gasteiger partial charge on any atom is -0.497 e. The third-order valence-corrected chi connectivity index (χ3v) is 8.50. The molecule has 1 amide bonds. The fourth-order valence-electron chi connectivity index (χ4n) is 5.32. The zero-order chi connectivity index (χ0) is 32.1. The number of hydrogen-bond donors (Lipinski definition) is 3. The van der Waals surface area contributed by atoms with Crippen LogP contribution in [-0.4, -0.2) is 77.0 Å². The van der Waals surface area contributed by atoms with E-state index in [1.807, 2.05) is 19.2 Å². The first kappa shape index (κ1) is 32.0. The first-order chi connectivity index (χ1) is 21.6. The largest absolute Gasteiger partial charge is 0.497 e. The van der Waals surface area contributed by atoms with Crippen LogP contribution in [0.2, 0.25) is 5.02 Å². The maximum absolute atomic E-state index is 14.2. The predicted octanol–water partition coefficient (Wildman–Crippen LogP) is 4.36. The SMILES string of the molecule is C=CC(=O)Nc1ccc(CCn2c(=O)c(-c3cc(OC)cc(OC)c3Cl)cc3cnc(NCC4(O)CCN(C)CC4)nc32)cc1. The first-order valence-electron chi connectivity index (χ1n) is 14.6. The number of anilines is 2. The Hall–Kier alpha value is -4.45. The van der Waals surface area contributed by atoms with Crippen molar-refractivity contribution >= 4 is 40.2 Å². The van der Waals surface area contributed by atoms with Crippen molar-refractivity contribution < 1.29 is 19.4 Å². The van der Waals surface area contributed by atoms with Crippen molar-refractivity contribution in [1.82, 2.24) is 19.4 Å². The van der Waals surface area contributed by atoms with Gasteiger partial charge in [0.05, 0.1) is 24.8 Å². The fourth-order valence-corrected chi connectivity index (χ4v) is 5.61. The number of rotatable bonds is 11. The van der Waals surface area contributed by atoms with Gasteiger partial charge in [0, 0.05) is 60.6 Å². The average Bonchev–Trinajstić information content (AvgIpc) is 3.05. The third-order valence-electron chi connectivity index (χ3n) is 8.11. The highest BCUT2D eigenvalue weighted by atomic mass is 35.5. The summed E-state index contributed by atoms with van der Waals surface area (Å²) in [4.78, 5) is 37.3. The highest BCUT2D eigenvalue weighted by molar-refractivity contribution is 6.35. The maximum Gasteiger partial charge on any atom is 0.260 e. The number of ether oxygens (including phenoxy) is 2. The van der Waals surface area contributed by atoms with Gasteiger partial charge in [0.2, 0.25) is 11.9 Å². The number of pyridine rings is 1. The molecule has 0 radical (unpaired) electrons. The molecule has 12 heteroatoms. The molecule has 45 heavy (non-hydrogen) atoms. The van der Waals surface area contributed by atoms with Crippen molar-refractivity contribution in [3.05, 3.63) is 82.3 Å². The van der Waals surface area contributed by atoms with Gasteiger partial charge in [0.25, 0.3) is 5.56 Å². The van der Waals surface area contributed by atoms with E-state index in [-0.39, 0.29) is 16.5 Å². The molecule has 1 aliphatic heterocycles. The lowest BCUT2D eigenvalue weighted by Crippen LogP contribution is -2.47. The zero-order valence-electron chi connectivity index (χ0n) is 25.6. The third kappa shape index (κ3) is 7.28. The number of piperidine rings is 1. The fraction of sp³-hybridized carbons (Fsp3) is 0.333. The van der Waals surface area contributed by atoms with Gasteiger partial charge in [-0.1, -0.05) is 30.3 Å². The molecule has 236 valence electrons. The second kappa shape index (κ2) is 13.7. The Balaban J connectivity index is 1.53. The number of aromatic nitrogens is 3. The Bertz CT molecular complexity index is 1770. The molecule has 1 fully saturated rings. The summed E-state index contributed by atoms with van der Waals surface area (Å²) in [6, 6.07) is 12.5. The molecule has 2 aromatic carbocycles. The van der Waals surface area contributed by atoms with Crippen LogP contribution in [0.5, 0.6) is 11.5 Å². The topological polar surface area (TPSA) is 131 Å². The molecule has 0 atom stereocenters. The van der Waals surface area contributed by atoms with Gasteiger partial charge in [-0.05, 0) is 62.2 Å². The van der Waals surface area contributed by atoms with E-state index < -0.39 is 5.60 Å². The molecule has 3 N–H and O–H groups in total. The Morgan fingerprint density at radius 1 is 1.13 bits per heavy atom. The lowest BCUT2D eigenvalue weighted by Gasteiger charge is -2.36. The van der Waals surface area contributed by atoms with Gasteiger partial charge >= 0.3 is 0 Å². The summed E-state index contributed by atoms with van der Waals surface area (Å²) < 4.78 is 12.5. The molecule has 5 rings (SSSR count). The Kier molecular flexibility index (Phi) is 9.71. The summed E-state index contributed by atoms with van der Waals surface area (Å²) in [7, 11) is 5.07. The Morgan fingerprint density at radius 2 is 1.87 bits per heavy atom. The molecular formula is C33H37ClN6O5. The number of nitrogens with one attached hydrogen (secondary N) is 2. The van der Waals surface area contributed by atoms with E-state index in [1.54, 1.807) is 41.1 Å². The maximum atomic E-state index is 14.2. The van der Waals surface area contributed by atoms with E-state index in [4.69, 9.17) is 26.1 Å². The van der Waals surface area contributed by atoms with Gasteiger partial charge in [-0.3, -0.25) is 14.2 Å². The van der Waals surface area contributed by atoms with E-state index in [2.05, 4.69) is 27.1 Å². The van der Waals surface area contributed by atoms with Crippen molar-refractivity contribution in [2.75, 3.05) is 51.5 Å². The number of halogens is 1. The Labute approximate surface area is 266 Å². The predicted molar refractivity (Wildman–Crippen MR) is 176 cm³/mol. The van der Waals surface area contributed by atoms with Crippen molar-refractivity contribution in [2.24, 2.45) is 0 Å². The minimum absolute atomic E-state index is 0.282. The zero-order valence-corrected chi connectivity index (χ0v) is 26.4. The summed E-state index contributed by atoms with van der Waals surface area (Å²) >= 11 is 6.71. The van der Waals surface area contributed by atoms with E-state index >= 15 is 0 Å². The molecule has 0 saturated carbocycles. The number of carbonyl (C=O) groups excluding carboxylic acids is 1. The molecule has 0 aliphatic carbocycles. The summed E-state index contributed by atoms with van der Waals surface area (Å²) in [5.74, 6) is 0.892. The summed E-state index contributed by atoms with van der Waals surface area (Å²) in [6.07, 6.45) is 4.65. The van der Waals surface area contributed by atoms with Gasteiger partial charge in [-0.2, -0.15) is 4.98 Å². The lowest BCUT2D eigenvalue weighted by molar-refractivity contribution is -0.111. The van der Waals surface area contributed by atoms with Crippen molar-refractivity contribution in [2.45, 2.75) is 31.4 Å². The molecule has 4 aromatic rings. The van der Waals surface area contributed by atoms with Gasteiger partial charge in [-0.25, -0.2) is 4.98 Å². The number of carbonyl (C=O) groups is 1. The lowest BCUT2D eigenvalue weighted by atomic mass is 9.92. The van der Waals surface area contributed by atoms with Gasteiger partial charge < -0.3 is 30.1 Å². The summed E-state index contributed by atoms with van der Waals surface area (Å²) in [5, 5.41) is 17.9. The van der Waals surface area contributed by atoms with Gasteiger partial charge in [-0.15, -0.1) is 0 Å². The molecule has 2 aromatic heterocycles. The number of methoxy groups -OCH3 is 2. The molecule has 1 aliphatic rings. The van der Waals surface area contributed by atoms with E-state index in [0.717, 1.165) is 18.7 Å². The molecule has 0 unspecified atom stereocenters. The highest BCUT2D eigenvalue weighted by Crippen LogP contribution is 2.38. The van der Waals surface area contributed by atoms with Crippen LogP contribution in [0.1, 0.15) is 18.4 Å². The van der Waals surface area contributed by atoms with Crippen molar-refractivity contribution in [3.8, 4) is 22.6 Å². The first-order valence-corrected chi connectivity index (χ1v) is 15.0. The van der Waals surface area contributed by atoms with Crippen LogP contribution < -0.4 is 25.7 Å². The van der Waals surface area contributed by atoms with Crippen LogP contribution in [0.4, 0.5) is 11.6 Å². The number of hydrogen-bond acceptors (Lipinski definition) is 9. The van der Waals surface area contributed by atoms with Crippen LogP contribution in [0.15, 0.2) is 66.1 Å². The Morgan fingerprint density at radius 3 is 2.53 bits per heavy atom. The van der Waals surface area contributed by atoms with E-state index in [9.17, 15) is 14.7 Å². The summed E-state index contributed by atoms with van der Waals surface area (Å²) in [6.45, 7) is 5.68. The summed E-state index contributed by atoms with van der Waals surface area (Å²) in [5.41, 5.74) is 1.68. The average molecular weight is 633 g/mol. The van der Waals surface area contributed by atoms with Crippen LogP contribution in [0, 0.1) is 0 Å². The number of amides is 1. The standard InChI is InChI=1S/C33H37ClN6O5/c1-5-28(41)37-23-8-6-21(7-9-23)10-13-40-30-22(19-35-32(38-30)36-20-33(43)11-14-39(2)15-12-33)16-26(31(40)42)25-17-24(44-3)18-27(45-4)29(25)34/h5-9,16-19,43H,1,10-15,20H2,2-4H3,(H,37,41)(H,35,36,38). The van der Waals surface area contributed by atoms with Crippen LogP contribution >= 0.6 is 11.6 Å². The quantitative estimate of drug-likeness (QED) is 0.206. The molecule has 0 bridgehead atoms. The van der Waals surface area contributed by atoms with Crippen LogP contribution in [0.3, 0.4) is 0 Å². The van der Waals surface area contributed by atoms with Gasteiger partial charge in [0.1, 0.15) is 17.1 Å². The second-order valence-corrected chi connectivity index (χ2v) is 11.6. The normalized spacial score (nSPS) is 14.6. The molecular weight excluding hydrogens is 596 g/mol. The van der Waals surface area contributed by atoms with Gasteiger partial charge in [0.15, 0.2) is 0 Å². The molecule has 1 saturated heterocycles. The van der Waals surface area contributed by atoms with Crippen LogP contribution in [0.25, 0.3) is 22.2 Å². The van der Waals surface area contributed by atoms with Crippen molar-refractivity contribution in [3.63, 3.8) is 0 Å². The number of aryl methyl sites for hydroxylation is 2. The van der Waals surface area contributed by atoms with Crippen molar-refractivity contribution in [1.29, 1.82) is 0 Å². The monoisotopic (exact) mass is 632 g/mol. The number of benzene rings is 2. The molecule has 0 spiro atoms.